The molecule has 0 fully saturated rings. The Hall–Kier alpha value is -1.50. The van der Waals surface area contributed by atoms with E-state index in [1.807, 2.05) is 25.1 Å². The van der Waals surface area contributed by atoms with Gasteiger partial charge >= 0.3 is 0 Å². The smallest absolute Gasteiger partial charge is 0.119 e. The van der Waals surface area contributed by atoms with Gasteiger partial charge in [0.25, 0.3) is 0 Å². The molecule has 0 aromatic heterocycles. The van der Waals surface area contributed by atoms with Crippen LogP contribution in [0.5, 0.6) is 5.75 Å². The third-order valence-electron chi connectivity index (χ3n) is 2.18. The van der Waals surface area contributed by atoms with Gasteiger partial charge in [0.2, 0.25) is 0 Å². The van der Waals surface area contributed by atoms with Crippen LogP contribution in [-0.4, -0.2) is 7.11 Å². The van der Waals surface area contributed by atoms with Crippen molar-refractivity contribution in [1.29, 1.82) is 0 Å². The SMILES string of the molecule is C=C/C(C)=C/c1ccc(OC)cc1C. The number of aryl methyl sites for hydroxylation is 1. The summed E-state index contributed by atoms with van der Waals surface area (Å²) in [4.78, 5) is 0. The van der Waals surface area contributed by atoms with Crippen LogP contribution in [0.25, 0.3) is 6.08 Å². The molecule has 0 aliphatic rings. The van der Waals surface area contributed by atoms with Crippen molar-refractivity contribution in [3.63, 3.8) is 0 Å². The van der Waals surface area contributed by atoms with Crippen LogP contribution >= 0.6 is 0 Å². The number of ether oxygens (including phenoxy) is 1. The predicted molar refractivity (Wildman–Crippen MR) is 61.6 cm³/mol. The molecule has 74 valence electrons. The molecule has 0 saturated heterocycles. The summed E-state index contributed by atoms with van der Waals surface area (Å²) >= 11 is 0. The van der Waals surface area contributed by atoms with E-state index in [1.54, 1.807) is 7.11 Å². The van der Waals surface area contributed by atoms with Crippen molar-refractivity contribution >= 4 is 6.08 Å². The summed E-state index contributed by atoms with van der Waals surface area (Å²) < 4.78 is 5.14. The van der Waals surface area contributed by atoms with Crippen LogP contribution in [0.1, 0.15) is 18.1 Å². The average Bonchev–Trinajstić information content (AvgIpc) is 2.20. The summed E-state index contributed by atoms with van der Waals surface area (Å²) in [6, 6.07) is 6.05. The lowest BCUT2D eigenvalue weighted by atomic mass is 10.1. The van der Waals surface area contributed by atoms with Gasteiger partial charge in [0.15, 0.2) is 0 Å². The standard InChI is InChI=1S/C13H16O/c1-5-10(2)8-12-6-7-13(14-4)9-11(12)3/h5-9H,1H2,2-4H3/b10-8+. The van der Waals surface area contributed by atoms with Crippen molar-refractivity contribution in [2.45, 2.75) is 13.8 Å². The average molecular weight is 188 g/mol. The zero-order valence-electron chi connectivity index (χ0n) is 9.00. The zero-order chi connectivity index (χ0) is 10.6. The molecule has 0 radical (unpaired) electrons. The van der Waals surface area contributed by atoms with Gasteiger partial charge < -0.3 is 4.74 Å². The number of rotatable bonds is 3. The lowest BCUT2D eigenvalue weighted by Gasteiger charge is -2.04. The van der Waals surface area contributed by atoms with Gasteiger partial charge in [-0.05, 0) is 37.1 Å². The fraction of sp³-hybridized carbons (Fsp3) is 0.231. The minimum Gasteiger partial charge on any atom is -0.497 e. The van der Waals surface area contributed by atoms with Crippen LogP contribution in [0.2, 0.25) is 0 Å². The normalized spacial score (nSPS) is 11.2. The highest BCUT2D eigenvalue weighted by Crippen LogP contribution is 2.19. The van der Waals surface area contributed by atoms with Gasteiger partial charge in [-0.1, -0.05) is 30.4 Å². The molecule has 0 spiro atoms. The van der Waals surface area contributed by atoms with Crippen LogP contribution in [0.4, 0.5) is 0 Å². The number of hydrogen-bond donors (Lipinski definition) is 0. The van der Waals surface area contributed by atoms with Crippen molar-refractivity contribution in [3.05, 3.63) is 47.6 Å². The molecule has 0 amide bonds. The van der Waals surface area contributed by atoms with Crippen molar-refractivity contribution in [1.82, 2.24) is 0 Å². The van der Waals surface area contributed by atoms with Gasteiger partial charge in [-0.25, -0.2) is 0 Å². The molecule has 0 heterocycles. The predicted octanol–water partition coefficient (Wildman–Crippen LogP) is 3.59. The van der Waals surface area contributed by atoms with E-state index < -0.39 is 0 Å². The monoisotopic (exact) mass is 188 g/mol. The maximum atomic E-state index is 5.14. The number of methoxy groups -OCH3 is 1. The number of allylic oxidation sites excluding steroid dienone is 2. The summed E-state index contributed by atoms with van der Waals surface area (Å²) in [7, 11) is 1.68. The highest BCUT2D eigenvalue weighted by molar-refractivity contribution is 5.59. The summed E-state index contributed by atoms with van der Waals surface area (Å²) in [6.45, 7) is 7.84. The van der Waals surface area contributed by atoms with Crippen LogP contribution in [-0.2, 0) is 0 Å². The molecule has 1 nitrogen and oxygen atoms in total. The van der Waals surface area contributed by atoms with Crippen molar-refractivity contribution in [2.24, 2.45) is 0 Å². The van der Waals surface area contributed by atoms with Gasteiger partial charge in [-0.2, -0.15) is 0 Å². The Kier molecular flexibility index (Phi) is 3.52. The lowest BCUT2D eigenvalue weighted by molar-refractivity contribution is 0.414. The second-order valence-electron chi connectivity index (χ2n) is 3.31. The lowest BCUT2D eigenvalue weighted by Crippen LogP contribution is -1.86. The molecule has 0 N–H and O–H groups in total. The molecule has 1 heteroatoms. The van der Waals surface area contributed by atoms with E-state index in [1.165, 1.54) is 16.7 Å². The molecule has 14 heavy (non-hydrogen) atoms. The molecule has 1 aromatic carbocycles. The third kappa shape index (κ3) is 2.49. The minimum atomic E-state index is 0.899. The second-order valence-corrected chi connectivity index (χ2v) is 3.31. The highest BCUT2D eigenvalue weighted by Gasteiger charge is 1.97. The van der Waals surface area contributed by atoms with E-state index in [2.05, 4.69) is 25.6 Å². The Bertz CT molecular complexity index is 361. The van der Waals surface area contributed by atoms with Crippen molar-refractivity contribution < 1.29 is 4.74 Å². The van der Waals surface area contributed by atoms with E-state index >= 15 is 0 Å². The summed E-state index contributed by atoms with van der Waals surface area (Å²) in [5.41, 5.74) is 3.59. The zero-order valence-corrected chi connectivity index (χ0v) is 9.00. The maximum Gasteiger partial charge on any atom is 0.119 e. The molecule has 0 bridgehead atoms. The molecule has 1 rings (SSSR count). The van der Waals surface area contributed by atoms with E-state index in [0.717, 1.165) is 5.75 Å². The van der Waals surface area contributed by atoms with E-state index in [4.69, 9.17) is 4.74 Å². The Balaban J connectivity index is 3.06. The maximum absolute atomic E-state index is 5.14. The van der Waals surface area contributed by atoms with E-state index in [0.29, 0.717) is 0 Å². The minimum absolute atomic E-state index is 0.899. The van der Waals surface area contributed by atoms with Gasteiger partial charge in [0.1, 0.15) is 5.75 Å². The topological polar surface area (TPSA) is 9.23 Å². The number of hydrogen-bond acceptors (Lipinski definition) is 1. The molecule has 0 aliphatic heterocycles. The molecular formula is C13H16O. The van der Waals surface area contributed by atoms with E-state index in [9.17, 15) is 0 Å². The van der Waals surface area contributed by atoms with Gasteiger partial charge in [-0.3, -0.25) is 0 Å². The van der Waals surface area contributed by atoms with Crippen molar-refractivity contribution in [3.8, 4) is 5.75 Å². The number of benzene rings is 1. The van der Waals surface area contributed by atoms with Crippen LogP contribution in [0, 0.1) is 6.92 Å². The first-order valence-electron chi connectivity index (χ1n) is 4.62. The fourth-order valence-corrected chi connectivity index (χ4v) is 1.24. The Morgan fingerprint density at radius 2 is 2.14 bits per heavy atom. The van der Waals surface area contributed by atoms with Gasteiger partial charge in [0, 0.05) is 0 Å². The molecule has 0 saturated carbocycles. The molecule has 1 aromatic rings. The Labute approximate surface area is 85.7 Å². The van der Waals surface area contributed by atoms with Crippen LogP contribution in [0.3, 0.4) is 0 Å². The van der Waals surface area contributed by atoms with E-state index in [-0.39, 0.29) is 0 Å². The fourth-order valence-electron chi connectivity index (χ4n) is 1.24. The first-order chi connectivity index (χ1) is 6.67. The van der Waals surface area contributed by atoms with Gasteiger partial charge in [-0.15, -0.1) is 0 Å². The molecule has 0 atom stereocenters. The quantitative estimate of drug-likeness (QED) is 0.659. The first kappa shape index (κ1) is 10.6. The highest BCUT2D eigenvalue weighted by atomic mass is 16.5. The molecule has 0 aliphatic carbocycles. The summed E-state index contributed by atoms with van der Waals surface area (Å²) in [6.07, 6.45) is 3.96. The molecule has 0 unspecified atom stereocenters. The second kappa shape index (κ2) is 4.66. The molecular weight excluding hydrogens is 172 g/mol. The van der Waals surface area contributed by atoms with Crippen LogP contribution < -0.4 is 4.74 Å². The summed E-state index contributed by atoms with van der Waals surface area (Å²) in [5, 5.41) is 0. The first-order valence-corrected chi connectivity index (χ1v) is 4.62. The van der Waals surface area contributed by atoms with Crippen LogP contribution in [0.15, 0.2) is 36.4 Å². The van der Waals surface area contributed by atoms with Crippen molar-refractivity contribution in [2.75, 3.05) is 7.11 Å². The Morgan fingerprint density at radius 1 is 1.43 bits per heavy atom. The van der Waals surface area contributed by atoms with Gasteiger partial charge in [0.05, 0.1) is 7.11 Å². The summed E-state index contributed by atoms with van der Waals surface area (Å²) in [5.74, 6) is 0.899. The largest absolute Gasteiger partial charge is 0.497 e. The Morgan fingerprint density at radius 3 is 2.64 bits per heavy atom. The third-order valence-corrected chi connectivity index (χ3v) is 2.18.